The fourth-order valence-corrected chi connectivity index (χ4v) is 1.80. The molecule has 0 amide bonds. The Kier molecular flexibility index (Phi) is 5.21. The minimum absolute atomic E-state index is 0.0134. The molecule has 2 N–H and O–H groups in total. The van der Waals surface area contributed by atoms with Gasteiger partial charge in [-0.3, -0.25) is 4.57 Å². The first-order valence-electron chi connectivity index (χ1n) is 4.15. The molecular weight excluding hydrogens is 195 g/mol. The van der Waals surface area contributed by atoms with Crippen molar-refractivity contribution in [3.63, 3.8) is 0 Å². The third-order valence-corrected chi connectivity index (χ3v) is 3.04. The van der Waals surface area contributed by atoms with Crippen LogP contribution in [0.25, 0.3) is 0 Å². The molecule has 13 heavy (non-hydrogen) atoms. The smallest absolute Gasteiger partial charge is 0.334 e. The Morgan fingerprint density at radius 2 is 2.00 bits per heavy atom. The lowest BCUT2D eigenvalue weighted by molar-refractivity contribution is -0.305. The van der Waals surface area contributed by atoms with Gasteiger partial charge in [0.2, 0.25) is 0 Å². The average Bonchev–Trinajstić information content (AvgIpc) is 1.94. The lowest BCUT2D eigenvalue weighted by Crippen LogP contribution is -2.35. The monoisotopic (exact) mass is 209 g/mol. The highest BCUT2D eigenvalue weighted by Crippen LogP contribution is 2.43. The summed E-state index contributed by atoms with van der Waals surface area (Å²) in [4.78, 5) is 27.6. The molecule has 78 valence electrons. The molecule has 0 aliphatic heterocycles. The fraction of sp³-hybridized carbons (Fsp3) is 0.857. The summed E-state index contributed by atoms with van der Waals surface area (Å²) >= 11 is 0. The van der Waals surface area contributed by atoms with Crippen LogP contribution in [0.15, 0.2) is 0 Å². The molecule has 0 heterocycles. The molecule has 0 bridgehead atoms. The molecule has 0 saturated heterocycles. The number of hydrogen-bond donors (Lipinski definition) is 2. The summed E-state index contributed by atoms with van der Waals surface area (Å²) in [5, 5.41) is 10.3. The van der Waals surface area contributed by atoms with Crippen LogP contribution in [0.4, 0.5) is 0 Å². The molecule has 0 fully saturated rings. The van der Waals surface area contributed by atoms with E-state index in [4.69, 9.17) is 9.79 Å². The number of hydrogen-bond acceptors (Lipinski definition) is 3. The first kappa shape index (κ1) is 12.6. The van der Waals surface area contributed by atoms with Gasteiger partial charge in [0, 0.05) is 0 Å². The van der Waals surface area contributed by atoms with Gasteiger partial charge in [0.1, 0.15) is 5.66 Å². The van der Waals surface area contributed by atoms with Gasteiger partial charge in [0.25, 0.3) is 0 Å². The van der Waals surface area contributed by atoms with Crippen LogP contribution in [0, 0.1) is 0 Å². The number of rotatable bonds is 6. The first-order chi connectivity index (χ1) is 5.89. The second-order valence-electron chi connectivity index (χ2n) is 2.92. The van der Waals surface area contributed by atoms with Crippen molar-refractivity contribution in [2.75, 3.05) is 0 Å². The van der Waals surface area contributed by atoms with Gasteiger partial charge in [-0.05, 0) is 6.42 Å². The summed E-state index contributed by atoms with van der Waals surface area (Å²) in [5.41, 5.74) is -1.64. The number of aliphatic carboxylic acids is 1. The van der Waals surface area contributed by atoms with Crippen molar-refractivity contribution in [1.82, 2.24) is 0 Å². The Bertz CT molecular complexity index is 209. The molecule has 0 aromatic carbocycles. The molecule has 0 aromatic rings. The van der Waals surface area contributed by atoms with E-state index in [-0.39, 0.29) is 6.42 Å². The van der Waals surface area contributed by atoms with E-state index in [0.29, 0.717) is 6.42 Å². The zero-order valence-corrected chi connectivity index (χ0v) is 8.37. The predicted octanol–water partition coefficient (Wildman–Crippen LogP) is -0.137. The van der Waals surface area contributed by atoms with Crippen molar-refractivity contribution < 1.29 is 24.3 Å². The van der Waals surface area contributed by atoms with Crippen LogP contribution >= 0.6 is 7.60 Å². The lowest BCUT2D eigenvalue weighted by Gasteiger charge is -2.18. The van der Waals surface area contributed by atoms with E-state index in [1.54, 1.807) is 0 Å². The van der Waals surface area contributed by atoms with Gasteiger partial charge in [0.15, 0.2) is 0 Å². The number of carboxylic acid groups (broad SMARTS) is 1. The van der Waals surface area contributed by atoms with E-state index >= 15 is 0 Å². The van der Waals surface area contributed by atoms with Crippen LogP contribution in [-0.2, 0) is 9.36 Å². The van der Waals surface area contributed by atoms with Crippen LogP contribution in [0.2, 0.25) is 0 Å². The van der Waals surface area contributed by atoms with Crippen molar-refractivity contribution in [1.29, 1.82) is 0 Å². The van der Waals surface area contributed by atoms with Crippen molar-refractivity contribution in [3.05, 3.63) is 0 Å². The molecule has 0 rings (SSSR count). The predicted molar refractivity (Wildman–Crippen MR) is 45.0 cm³/mol. The Balaban J connectivity index is 4.13. The number of carboxylic acids is 1. The highest BCUT2D eigenvalue weighted by atomic mass is 31.2. The van der Waals surface area contributed by atoms with Crippen molar-refractivity contribution in [2.45, 2.75) is 38.3 Å². The highest BCUT2D eigenvalue weighted by molar-refractivity contribution is 7.53. The van der Waals surface area contributed by atoms with Crippen LogP contribution in [-0.4, -0.2) is 21.4 Å². The quantitative estimate of drug-likeness (QED) is 0.468. The number of carbonyl (C=O) groups is 1. The maximum atomic E-state index is 10.6. The van der Waals surface area contributed by atoms with Gasteiger partial charge in [-0.1, -0.05) is 26.2 Å². The normalized spacial score (nSPS) is 14.1. The second-order valence-corrected chi connectivity index (χ2v) is 4.72. The maximum Gasteiger partial charge on any atom is 0.334 e. The molecule has 6 heteroatoms. The Morgan fingerprint density at radius 1 is 1.46 bits per heavy atom. The summed E-state index contributed by atoms with van der Waals surface area (Å²) in [6, 6.07) is 0. The van der Waals surface area contributed by atoms with E-state index in [1.807, 2.05) is 6.92 Å². The van der Waals surface area contributed by atoms with E-state index in [9.17, 15) is 14.5 Å². The second kappa shape index (κ2) is 5.37. The van der Waals surface area contributed by atoms with E-state index in [0.717, 1.165) is 12.8 Å². The molecule has 0 aliphatic carbocycles. The fourth-order valence-electron chi connectivity index (χ4n) is 1.01. The van der Waals surface area contributed by atoms with Crippen molar-refractivity contribution >= 4 is 13.6 Å². The van der Waals surface area contributed by atoms with Gasteiger partial charge >= 0.3 is 7.60 Å². The SMILES string of the molecule is CCCCCC(C(=O)[O-])P(=O)(O)O. The van der Waals surface area contributed by atoms with E-state index < -0.39 is 19.2 Å². The molecule has 0 saturated carbocycles. The largest absolute Gasteiger partial charge is 0.549 e. The Labute approximate surface area is 76.9 Å². The minimum Gasteiger partial charge on any atom is -0.549 e. The van der Waals surface area contributed by atoms with Gasteiger partial charge in [0.05, 0.1) is 5.97 Å². The molecule has 5 nitrogen and oxygen atoms in total. The zero-order chi connectivity index (χ0) is 10.5. The van der Waals surface area contributed by atoms with Gasteiger partial charge in [-0.25, -0.2) is 0 Å². The van der Waals surface area contributed by atoms with E-state index in [2.05, 4.69) is 0 Å². The molecule has 0 aromatic heterocycles. The molecule has 0 aliphatic rings. The van der Waals surface area contributed by atoms with Crippen molar-refractivity contribution in [3.8, 4) is 0 Å². The summed E-state index contributed by atoms with van der Waals surface area (Å²) in [5.74, 6) is -1.66. The third kappa shape index (κ3) is 5.03. The zero-order valence-electron chi connectivity index (χ0n) is 7.47. The number of unbranched alkanes of at least 4 members (excludes halogenated alkanes) is 2. The maximum absolute atomic E-state index is 10.6. The molecule has 1 unspecified atom stereocenters. The summed E-state index contributed by atoms with van der Waals surface area (Å²) in [6.07, 6.45) is 2.13. The van der Waals surface area contributed by atoms with Crippen LogP contribution < -0.4 is 5.11 Å². The molecule has 1 atom stereocenters. The van der Waals surface area contributed by atoms with E-state index in [1.165, 1.54) is 0 Å². The molecule has 0 spiro atoms. The van der Waals surface area contributed by atoms with Crippen molar-refractivity contribution in [2.24, 2.45) is 0 Å². The lowest BCUT2D eigenvalue weighted by atomic mass is 10.1. The molecule has 0 radical (unpaired) electrons. The standard InChI is InChI=1S/C7H15O5P/c1-2-3-4-5-6(7(8)9)13(10,11)12/h6H,2-5H2,1H3,(H,8,9)(H2,10,11,12)/p-1. The van der Waals surface area contributed by atoms with Gasteiger partial charge < -0.3 is 19.7 Å². The summed E-state index contributed by atoms with van der Waals surface area (Å²) in [6.45, 7) is 1.92. The highest BCUT2D eigenvalue weighted by Gasteiger charge is 2.29. The average molecular weight is 209 g/mol. The topological polar surface area (TPSA) is 97.7 Å². The number of carbonyl (C=O) groups excluding carboxylic acids is 1. The van der Waals surface area contributed by atoms with Crippen LogP contribution in [0.1, 0.15) is 32.6 Å². The van der Waals surface area contributed by atoms with Crippen LogP contribution in [0.5, 0.6) is 0 Å². The van der Waals surface area contributed by atoms with Crippen LogP contribution in [0.3, 0.4) is 0 Å². The first-order valence-corrected chi connectivity index (χ1v) is 5.83. The summed E-state index contributed by atoms with van der Waals surface area (Å²) < 4.78 is 10.6. The third-order valence-electron chi connectivity index (χ3n) is 1.76. The minimum atomic E-state index is -4.53. The Hall–Kier alpha value is -0.380. The van der Waals surface area contributed by atoms with Gasteiger partial charge in [-0.15, -0.1) is 0 Å². The summed E-state index contributed by atoms with van der Waals surface area (Å²) in [7, 11) is -4.53. The molecular formula is C7H14O5P-. The van der Waals surface area contributed by atoms with Gasteiger partial charge in [-0.2, -0.15) is 0 Å². The Morgan fingerprint density at radius 3 is 2.31 bits per heavy atom.